The lowest BCUT2D eigenvalue weighted by Crippen LogP contribution is -2.45. The third-order valence-electron chi connectivity index (χ3n) is 3.94. The molecule has 24 heavy (non-hydrogen) atoms. The van der Waals surface area contributed by atoms with Gasteiger partial charge >= 0.3 is 6.03 Å². The van der Waals surface area contributed by atoms with E-state index in [0.717, 1.165) is 5.56 Å². The van der Waals surface area contributed by atoms with E-state index in [1.54, 1.807) is 18.3 Å². The van der Waals surface area contributed by atoms with Crippen molar-refractivity contribution in [3.8, 4) is 0 Å². The number of nitrogens with one attached hydrogen (secondary N) is 2. The topological polar surface area (TPSA) is 64.6 Å². The second-order valence-corrected chi connectivity index (χ2v) is 7.18. The smallest absolute Gasteiger partial charge is 0.314 e. The van der Waals surface area contributed by atoms with E-state index in [0.29, 0.717) is 6.54 Å². The second kappa shape index (κ2) is 8.28. The Balaban J connectivity index is 1.85. The molecule has 5 nitrogen and oxygen atoms in total. The summed E-state index contributed by atoms with van der Waals surface area (Å²) in [5, 5.41) is 18.2. The number of amides is 2. The van der Waals surface area contributed by atoms with E-state index in [-0.39, 0.29) is 18.6 Å². The minimum Gasteiger partial charge on any atom is -0.384 e. The molecule has 0 aliphatic carbocycles. The van der Waals surface area contributed by atoms with Crippen molar-refractivity contribution in [3.05, 3.63) is 58.3 Å². The average molecular weight is 347 g/mol. The molecule has 0 fully saturated rings. The van der Waals surface area contributed by atoms with Gasteiger partial charge in [-0.15, -0.1) is 11.3 Å². The van der Waals surface area contributed by atoms with Crippen molar-refractivity contribution >= 4 is 17.4 Å². The zero-order valence-electron chi connectivity index (χ0n) is 14.3. The summed E-state index contributed by atoms with van der Waals surface area (Å²) in [4.78, 5) is 15.4. The first-order valence-corrected chi connectivity index (χ1v) is 8.77. The molecule has 0 aliphatic heterocycles. The summed E-state index contributed by atoms with van der Waals surface area (Å²) < 4.78 is 0. The summed E-state index contributed by atoms with van der Waals surface area (Å²) >= 11 is 1.67. The van der Waals surface area contributed by atoms with Crippen LogP contribution in [0.25, 0.3) is 0 Å². The molecule has 0 bridgehead atoms. The predicted molar refractivity (Wildman–Crippen MR) is 98.2 cm³/mol. The Labute approximate surface area is 147 Å². The molecule has 0 spiro atoms. The molecule has 2 rings (SSSR count). The van der Waals surface area contributed by atoms with Crippen LogP contribution >= 0.6 is 11.3 Å². The molecule has 0 saturated carbocycles. The molecule has 1 aromatic carbocycles. The summed E-state index contributed by atoms with van der Waals surface area (Å²) in [6.07, 6.45) is 0. The normalized spacial score (nSPS) is 14.9. The molecule has 2 unspecified atom stereocenters. The lowest BCUT2D eigenvalue weighted by Gasteiger charge is -2.26. The summed E-state index contributed by atoms with van der Waals surface area (Å²) in [6.45, 7) is 2.35. The Morgan fingerprint density at radius 2 is 1.92 bits per heavy atom. The largest absolute Gasteiger partial charge is 0.384 e. The fraction of sp³-hybridized carbons (Fsp3) is 0.389. The minimum atomic E-state index is -1.10. The van der Waals surface area contributed by atoms with Crippen LogP contribution in [0.4, 0.5) is 4.79 Å². The van der Waals surface area contributed by atoms with Crippen LogP contribution in [0.15, 0.2) is 47.8 Å². The number of thiophene rings is 1. The molecule has 1 aromatic heterocycles. The van der Waals surface area contributed by atoms with Crippen LogP contribution in [0, 0.1) is 0 Å². The standard InChI is InChI=1S/C18H25N3O2S/c1-18(23,14-8-5-4-6-9-14)13-20-17(22)19-12-15(21(2)3)16-10-7-11-24-16/h4-11,15,23H,12-13H2,1-3H3,(H2,19,20,22). The summed E-state index contributed by atoms with van der Waals surface area (Å²) in [5.41, 5.74) is -0.331. The number of carbonyl (C=O) groups excluding carboxylic acids is 1. The number of rotatable bonds is 7. The van der Waals surface area contributed by atoms with Crippen LogP contribution in [0.2, 0.25) is 0 Å². The Morgan fingerprint density at radius 1 is 1.21 bits per heavy atom. The first kappa shape index (κ1) is 18.4. The van der Waals surface area contributed by atoms with Crippen molar-refractivity contribution in [2.75, 3.05) is 27.2 Å². The Kier molecular flexibility index (Phi) is 6.36. The van der Waals surface area contributed by atoms with E-state index >= 15 is 0 Å². The molecular formula is C18H25N3O2S. The van der Waals surface area contributed by atoms with Gasteiger partial charge in [0.2, 0.25) is 0 Å². The number of urea groups is 1. The SMILES string of the molecule is CN(C)C(CNC(=O)NCC(C)(O)c1ccccc1)c1cccs1. The minimum absolute atomic E-state index is 0.130. The molecule has 2 aromatic rings. The van der Waals surface area contributed by atoms with Gasteiger partial charge in [-0.25, -0.2) is 4.79 Å². The highest BCUT2D eigenvalue weighted by atomic mass is 32.1. The van der Waals surface area contributed by atoms with Crippen LogP contribution in [-0.4, -0.2) is 43.2 Å². The van der Waals surface area contributed by atoms with Crippen LogP contribution < -0.4 is 10.6 Å². The first-order valence-electron chi connectivity index (χ1n) is 7.89. The number of hydrogen-bond donors (Lipinski definition) is 3. The maximum atomic E-state index is 12.1. The van der Waals surface area contributed by atoms with Crippen molar-refractivity contribution < 1.29 is 9.90 Å². The molecule has 1 heterocycles. The van der Waals surface area contributed by atoms with Gasteiger partial charge in [0.15, 0.2) is 0 Å². The molecule has 130 valence electrons. The predicted octanol–water partition coefficient (Wildman–Crippen LogP) is 2.56. The van der Waals surface area contributed by atoms with Crippen molar-refractivity contribution in [1.29, 1.82) is 0 Å². The number of nitrogens with zero attached hydrogens (tertiary/aromatic N) is 1. The summed E-state index contributed by atoms with van der Waals surface area (Å²) in [7, 11) is 3.98. The highest BCUT2D eigenvalue weighted by Crippen LogP contribution is 2.22. The van der Waals surface area contributed by atoms with Gasteiger partial charge in [-0.1, -0.05) is 36.4 Å². The molecule has 0 radical (unpaired) electrons. The molecule has 2 atom stereocenters. The molecule has 0 saturated heterocycles. The van der Waals surface area contributed by atoms with E-state index in [2.05, 4.69) is 21.6 Å². The maximum Gasteiger partial charge on any atom is 0.314 e. The zero-order valence-corrected chi connectivity index (χ0v) is 15.1. The number of carbonyl (C=O) groups is 1. The van der Waals surface area contributed by atoms with E-state index in [9.17, 15) is 9.90 Å². The Hall–Kier alpha value is -1.89. The molecule has 2 amide bonds. The monoisotopic (exact) mass is 347 g/mol. The van der Waals surface area contributed by atoms with Gasteiger partial charge in [-0.05, 0) is 38.0 Å². The van der Waals surface area contributed by atoms with Crippen LogP contribution in [0.5, 0.6) is 0 Å². The first-order chi connectivity index (χ1) is 11.4. The number of aliphatic hydroxyl groups is 1. The van der Waals surface area contributed by atoms with Crippen LogP contribution in [0.1, 0.15) is 23.4 Å². The quantitative estimate of drug-likeness (QED) is 0.721. The van der Waals surface area contributed by atoms with Gasteiger partial charge in [-0.2, -0.15) is 0 Å². The Bertz CT molecular complexity index is 627. The van der Waals surface area contributed by atoms with E-state index < -0.39 is 5.60 Å². The lowest BCUT2D eigenvalue weighted by molar-refractivity contribution is 0.0593. The molecular weight excluding hydrogens is 322 g/mol. The third kappa shape index (κ3) is 5.06. The molecule has 0 aliphatic rings. The van der Waals surface area contributed by atoms with Gasteiger partial charge in [-0.3, -0.25) is 0 Å². The number of likely N-dealkylation sites (N-methyl/N-ethyl adjacent to an activating group) is 1. The second-order valence-electron chi connectivity index (χ2n) is 6.20. The number of benzene rings is 1. The molecule has 3 N–H and O–H groups in total. The third-order valence-corrected chi connectivity index (χ3v) is 4.91. The van der Waals surface area contributed by atoms with Crippen molar-refractivity contribution in [2.24, 2.45) is 0 Å². The molecule has 6 heteroatoms. The van der Waals surface area contributed by atoms with Gasteiger partial charge < -0.3 is 20.6 Å². The van der Waals surface area contributed by atoms with E-state index in [1.165, 1.54) is 4.88 Å². The van der Waals surface area contributed by atoms with E-state index in [1.807, 2.05) is 55.9 Å². The highest BCUT2D eigenvalue weighted by molar-refractivity contribution is 7.10. The van der Waals surface area contributed by atoms with Crippen molar-refractivity contribution in [1.82, 2.24) is 15.5 Å². The Morgan fingerprint density at radius 3 is 2.50 bits per heavy atom. The fourth-order valence-electron chi connectivity index (χ4n) is 2.42. The number of hydrogen-bond acceptors (Lipinski definition) is 4. The van der Waals surface area contributed by atoms with Crippen LogP contribution in [0.3, 0.4) is 0 Å². The fourth-order valence-corrected chi connectivity index (χ4v) is 3.34. The zero-order chi connectivity index (χ0) is 17.6. The van der Waals surface area contributed by atoms with Gasteiger partial charge in [0, 0.05) is 11.4 Å². The highest BCUT2D eigenvalue weighted by Gasteiger charge is 2.24. The summed E-state index contributed by atoms with van der Waals surface area (Å²) in [6, 6.07) is 13.2. The lowest BCUT2D eigenvalue weighted by atomic mass is 9.96. The van der Waals surface area contributed by atoms with Crippen LogP contribution in [-0.2, 0) is 5.60 Å². The average Bonchev–Trinajstić information content (AvgIpc) is 3.08. The van der Waals surface area contributed by atoms with E-state index in [4.69, 9.17) is 0 Å². The maximum absolute atomic E-state index is 12.1. The summed E-state index contributed by atoms with van der Waals surface area (Å²) in [5.74, 6) is 0. The van der Waals surface area contributed by atoms with Crippen molar-refractivity contribution in [2.45, 2.75) is 18.6 Å². The van der Waals surface area contributed by atoms with Gasteiger partial charge in [0.05, 0.1) is 12.6 Å². The van der Waals surface area contributed by atoms with Crippen molar-refractivity contribution in [3.63, 3.8) is 0 Å². The van der Waals surface area contributed by atoms with Gasteiger partial charge in [0.25, 0.3) is 0 Å². The van der Waals surface area contributed by atoms with Gasteiger partial charge in [0.1, 0.15) is 5.60 Å².